The lowest BCUT2D eigenvalue weighted by atomic mass is 9.94. The van der Waals surface area contributed by atoms with Gasteiger partial charge in [0.15, 0.2) is 5.75 Å². The van der Waals surface area contributed by atoms with E-state index in [1.807, 2.05) is 0 Å². The van der Waals surface area contributed by atoms with Gasteiger partial charge in [-0.2, -0.15) is 0 Å². The minimum absolute atomic E-state index is 0.733. The number of rotatable bonds is 7. The van der Waals surface area contributed by atoms with Crippen LogP contribution in [0.15, 0.2) is 78.9 Å². The van der Waals surface area contributed by atoms with Gasteiger partial charge in [-0.1, -0.05) is 85.2 Å². The molecular weight excluding hydrogens is 405 g/mol. The van der Waals surface area contributed by atoms with Crippen LogP contribution in [0.25, 0.3) is 32.3 Å². The van der Waals surface area contributed by atoms with Gasteiger partial charge in [-0.3, -0.25) is 4.52 Å². The summed E-state index contributed by atoms with van der Waals surface area (Å²) in [7, 11) is -1.20. The smallest absolute Gasteiger partial charge is 0.259 e. The summed E-state index contributed by atoms with van der Waals surface area (Å²) in [5.41, 5.74) is 2.68. The normalized spacial score (nSPS) is 12.1. The van der Waals surface area contributed by atoms with Crippen LogP contribution < -0.4 is 9.61 Å². The zero-order valence-electron chi connectivity index (χ0n) is 16.9. The van der Waals surface area contributed by atoms with Crippen LogP contribution in [-0.4, -0.2) is 0 Å². The topological polar surface area (TPSA) is 21.3 Å². The van der Waals surface area contributed by atoms with Crippen LogP contribution in [-0.2, 0) is 24.8 Å². The van der Waals surface area contributed by atoms with E-state index in [0.29, 0.717) is 0 Å². The fourth-order valence-electron chi connectivity index (χ4n) is 4.30. The minimum atomic E-state index is -1.20. The van der Waals surface area contributed by atoms with Crippen molar-refractivity contribution in [3.05, 3.63) is 90.0 Å². The molecule has 148 valence electrons. The van der Waals surface area contributed by atoms with Gasteiger partial charge in [-0.15, -0.1) is 0 Å². The molecule has 0 spiro atoms. The lowest BCUT2D eigenvalue weighted by molar-refractivity contribution is 0.621. The van der Waals surface area contributed by atoms with E-state index in [9.17, 15) is 0 Å². The summed E-state index contributed by atoms with van der Waals surface area (Å²) < 4.78 is 6.26. The van der Waals surface area contributed by atoms with Crippen molar-refractivity contribution in [3.8, 4) is 5.75 Å². The maximum atomic E-state index is 6.26. The average Bonchev–Trinajstić information content (AvgIpc) is 2.78. The zero-order valence-corrected chi connectivity index (χ0v) is 18.6. The second kappa shape index (κ2) is 8.28. The Kier molecular flexibility index (Phi) is 5.35. The van der Waals surface area contributed by atoms with Gasteiger partial charge in [0.05, 0.1) is 6.54 Å². The Morgan fingerprint density at radius 1 is 0.767 bits per heavy atom. The van der Waals surface area contributed by atoms with Gasteiger partial charge in [0.25, 0.3) is 0 Å². The maximum Gasteiger partial charge on any atom is 0.490 e. The van der Waals surface area contributed by atoms with Crippen molar-refractivity contribution in [1.82, 2.24) is 5.09 Å². The second-order valence-electron chi connectivity index (χ2n) is 7.62. The predicted octanol–water partition coefficient (Wildman–Crippen LogP) is 7.48. The third kappa shape index (κ3) is 3.54. The van der Waals surface area contributed by atoms with E-state index in [4.69, 9.17) is 16.3 Å². The second-order valence-corrected chi connectivity index (χ2v) is 9.63. The number of hydrogen-bond donors (Lipinski definition) is 1. The van der Waals surface area contributed by atoms with Crippen molar-refractivity contribution in [2.45, 2.75) is 26.3 Å². The van der Waals surface area contributed by atoms with Crippen molar-refractivity contribution in [1.29, 1.82) is 0 Å². The van der Waals surface area contributed by atoms with E-state index in [0.717, 1.165) is 30.5 Å². The van der Waals surface area contributed by atoms with E-state index >= 15 is 0 Å². The SMILES string of the molecule is CCCc1ccccc1CN[P+](=S)Oc1ccc2ccc3cccc4ccc1c2c34. The molecule has 0 radical (unpaired) electrons. The Morgan fingerprint density at radius 2 is 1.43 bits per heavy atom. The molecule has 0 aromatic heterocycles. The number of benzene rings is 5. The highest BCUT2D eigenvalue weighted by atomic mass is 32.4. The van der Waals surface area contributed by atoms with Crippen LogP contribution in [0.4, 0.5) is 0 Å². The molecule has 0 fully saturated rings. The van der Waals surface area contributed by atoms with Crippen molar-refractivity contribution in [2.75, 3.05) is 0 Å². The van der Waals surface area contributed by atoms with Crippen molar-refractivity contribution >= 4 is 51.2 Å². The van der Waals surface area contributed by atoms with Crippen LogP contribution in [0, 0.1) is 0 Å². The Hall–Kier alpha value is -2.58. The molecule has 0 saturated heterocycles. The van der Waals surface area contributed by atoms with Gasteiger partial charge in [-0.05, 0) is 51.2 Å². The molecule has 0 aliphatic rings. The molecule has 0 heterocycles. The van der Waals surface area contributed by atoms with E-state index in [1.54, 1.807) is 0 Å². The zero-order chi connectivity index (χ0) is 20.5. The minimum Gasteiger partial charge on any atom is -0.259 e. The molecule has 0 aliphatic carbocycles. The molecule has 1 unspecified atom stereocenters. The third-order valence-electron chi connectivity index (χ3n) is 5.71. The average molecular weight is 429 g/mol. The summed E-state index contributed by atoms with van der Waals surface area (Å²) in [4.78, 5) is 0. The molecule has 0 bridgehead atoms. The largest absolute Gasteiger partial charge is 0.490 e. The van der Waals surface area contributed by atoms with Gasteiger partial charge in [0.1, 0.15) is 0 Å². The number of nitrogens with one attached hydrogen (secondary N) is 1. The van der Waals surface area contributed by atoms with Crippen molar-refractivity contribution in [3.63, 3.8) is 0 Å². The Labute approximate surface area is 182 Å². The van der Waals surface area contributed by atoms with Crippen LogP contribution >= 0.6 is 7.07 Å². The molecule has 5 aromatic rings. The fourth-order valence-corrected chi connectivity index (χ4v) is 5.44. The molecule has 1 atom stereocenters. The van der Waals surface area contributed by atoms with Crippen LogP contribution in [0.5, 0.6) is 5.75 Å². The molecule has 5 rings (SSSR count). The molecule has 5 aromatic carbocycles. The van der Waals surface area contributed by atoms with Gasteiger partial charge < -0.3 is 0 Å². The Morgan fingerprint density at radius 3 is 2.20 bits per heavy atom. The third-order valence-corrected chi connectivity index (χ3v) is 7.10. The lowest BCUT2D eigenvalue weighted by Crippen LogP contribution is -2.08. The van der Waals surface area contributed by atoms with E-state index in [2.05, 4.69) is 90.9 Å². The first-order valence-electron chi connectivity index (χ1n) is 10.4. The highest BCUT2D eigenvalue weighted by Gasteiger charge is 2.19. The summed E-state index contributed by atoms with van der Waals surface area (Å²) in [5.74, 6) is 0.858. The van der Waals surface area contributed by atoms with Crippen LogP contribution in [0.2, 0.25) is 0 Å². The standard InChI is InChI=1S/C26H23NOPS/c1-2-6-18-7-3-4-8-22(18)17-27-29(30)28-24-16-14-21-12-11-19-9-5-10-20-13-15-23(24)26(21)25(19)20/h3-5,7-16H,2,6,17H2,1H3,(H,27,30)/q+1. The monoisotopic (exact) mass is 428 g/mol. The first kappa shape index (κ1) is 19.4. The molecule has 2 nitrogen and oxygen atoms in total. The summed E-state index contributed by atoms with van der Waals surface area (Å²) in [6.07, 6.45) is 2.22. The van der Waals surface area contributed by atoms with E-state index in [1.165, 1.54) is 38.1 Å². The van der Waals surface area contributed by atoms with E-state index in [-0.39, 0.29) is 0 Å². The summed E-state index contributed by atoms with van der Waals surface area (Å²) in [5, 5.41) is 10.9. The van der Waals surface area contributed by atoms with Crippen LogP contribution in [0.3, 0.4) is 0 Å². The quantitative estimate of drug-likeness (QED) is 0.214. The molecular formula is C26H23NOPS+. The van der Waals surface area contributed by atoms with Gasteiger partial charge in [0, 0.05) is 10.8 Å². The van der Waals surface area contributed by atoms with Gasteiger partial charge in [-0.25, -0.2) is 0 Å². The molecule has 1 N–H and O–H groups in total. The van der Waals surface area contributed by atoms with Crippen molar-refractivity contribution < 1.29 is 4.52 Å². The Bertz CT molecular complexity index is 1350. The number of aryl methyl sites for hydroxylation is 1. The first-order valence-corrected chi connectivity index (χ1v) is 12.6. The predicted molar refractivity (Wildman–Crippen MR) is 132 cm³/mol. The van der Waals surface area contributed by atoms with Crippen LogP contribution in [0.1, 0.15) is 24.5 Å². The Balaban J connectivity index is 1.43. The fraction of sp³-hybridized carbons (Fsp3) is 0.154. The van der Waals surface area contributed by atoms with Gasteiger partial charge >= 0.3 is 7.07 Å². The summed E-state index contributed by atoms with van der Waals surface area (Å²) in [6.45, 7) is 2.94. The molecule has 0 amide bonds. The molecule has 30 heavy (non-hydrogen) atoms. The first-order chi connectivity index (χ1) is 14.7. The van der Waals surface area contributed by atoms with Crippen molar-refractivity contribution in [2.24, 2.45) is 0 Å². The highest BCUT2D eigenvalue weighted by molar-refractivity contribution is 8.02. The highest BCUT2D eigenvalue weighted by Crippen LogP contribution is 2.40. The van der Waals surface area contributed by atoms with Gasteiger partial charge in [0.2, 0.25) is 11.8 Å². The lowest BCUT2D eigenvalue weighted by Gasteiger charge is -2.11. The molecule has 4 heteroatoms. The summed E-state index contributed by atoms with van der Waals surface area (Å²) in [6, 6.07) is 27.9. The molecule has 0 saturated carbocycles. The molecule has 0 aliphatic heterocycles. The van der Waals surface area contributed by atoms with E-state index < -0.39 is 7.07 Å². The maximum absolute atomic E-state index is 6.26. The summed E-state index contributed by atoms with van der Waals surface area (Å²) >= 11 is 5.68. The number of hydrogen-bond acceptors (Lipinski definition) is 2.